The topological polar surface area (TPSA) is 15.7 Å². The van der Waals surface area contributed by atoms with Crippen LogP contribution in [0.5, 0.6) is 0 Å². The Balaban J connectivity index is 1.86. The number of para-hydroxylation sites is 3. The lowest BCUT2D eigenvalue weighted by molar-refractivity contribution is 0.159. The summed E-state index contributed by atoms with van der Waals surface area (Å²) in [6, 6.07) is 11.5. The molecule has 0 aromatic heterocycles. The van der Waals surface area contributed by atoms with Crippen LogP contribution in [0.3, 0.4) is 0 Å². The molecule has 3 rings (SSSR count). The van der Waals surface area contributed by atoms with E-state index in [9.17, 15) is 8.78 Å². The van der Waals surface area contributed by atoms with Gasteiger partial charge in [0.25, 0.3) is 0 Å². The molecule has 0 saturated carbocycles. The number of benzene rings is 2. The second kappa shape index (κ2) is 7.51. The van der Waals surface area contributed by atoms with Gasteiger partial charge >= 0.3 is 0 Å². The van der Waals surface area contributed by atoms with Crippen molar-refractivity contribution in [3.05, 3.63) is 54.1 Å². The van der Waals surface area contributed by atoms with Gasteiger partial charge in [-0.2, -0.15) is 0 Å². The average molecular weight is 401 g/mol. The lowest BCUT2D eigenvalue weighted by Gasteiger charge is -2.20. The van der Waals surface area contributed by atoms with E-state index in [1.807, 2.05) is 28.6 Å². The predicted molar refractivity (Wildman–Crippen MR) is 94.5 cm³/mol. The van der Waals surface area contributed by atoms with Gasteiger partial charge in [0.1, 0.15) is 5.69 Å². The molecule has 0 N–H and O–H groups in total. The smallest absolute Gasteiger partial charge is 0.150 e. The molecule has 2 aromatic rings. The molecule has 122 valence electrons. The molecule has 0 bridgehead atoms. The second-order valence-electron chi connectivity index (χ2n) is 4.84. The van der Waals surface area contributed by atoms with Crippen molar-refractivity contribution in [2.75, 3.05) is 33.7 Å². The Kier molecular flexibility index (Phi) is 5.40. The minimum atomic E-state index is -0.579. The minimum absolute atomic E-state index is 0.0474. The Hall–Kier alpha value is -1.31. The van der Waals surface area contributed by atoms with Gasteiger partial charge in [-0.25, -0.2) is 8.78 Å². The molecule has 0 saturated heterocycles. The highest BCUT2D eigenvalue weighted by atomic mass is 79.9. The third kappa shape index (κ3) is 3.46. The first kappa shape index (κ1) is 16.5. The molecule has 0 fully saturated rings. The predicted octanol–water partition coefficient (Wildman–Crippen LogP) is 4.90. The zero-order chi connectivity index (χ0) is 16.2. The molecule has 3 nitrogen and oxygen atoms in total. The van der Waals surface area contributed by atoms with Crippen LogP contribution in [0.15, 0.2) is 42.5 Å². The van der Waals surface area contributed by atoms with E-state index in [2.05, 4.69) is 15.9 Å². The summed E-state index contributed by atoms with van der Waals surface area (Å²) in [6.07, 6.45) is 0. The van der Waals surface area contributed by atoms with Crippen LogP contribution in [-0.4, -0.2) is 25.1 Å². The first-order valence-corrected chi connectivity index (χ1v) is 9.00. The quantitative estimate of drug-likeness (QED) is 0.389. The maximum absolute atomic E-state index is 14.1. The van der Waals surface area contributed by atoms with Gasteiger partial charge in [0.05, 0.1) is 43.3 Å². The number of alkyl halides is 1. The summed E-state index contributed by atoms with van der Waals surface area (Å²) in [5.74, 6) is -1.16. The van der Waals surface area contributed by atoms with E-state index in [-0.39, 0.29) is 5.69 Å². The molecule has 23 heavy (non-hydrogen) atoms. The van der Waals surface area contributed by atoms with Gasteiger partial charge in [0.2, 0.25) is 0 Å². The molecule has 0 spiro atoms. The number of rotatable bonds is 6. The maximum atomic E-state index is 14.1. The highest BCUT2D eigenvalue weighted by Gasteiger charge is 2.31. The molecule has 1 aliphatic heterocycles. The Bertz CT molecular complexity index is 669. The first-order chi connectivity index (χ1) is 11.2. The number of hydrogen-bond donors (Lipinski definition) is 0. The lowest BCUT2D eigenvalue weighted by atomic mass is 10.2. The highest BCUT2D eigenvalue weighted by Crippen LogP contribution is 2.49. The van der Waals surface area contributed by atoms with Crippen LogP contribution in [-0.2, 0) is 4.74 Å². The number of halogens is 3. The Labute approximate surface area is 146 Å². The number of nitrogens with zero attached hydrogens (tertiary/aromatic N) is 2. The largest absolute Gasteiger partial charge is 0.379 e. The van der Waals surface area contributed by atoms with Crippen LogP contribution in [0.2, 0.25) is 0 Å². The molecule has 0 unspecified atom stereocenters. The van der Waals surface area contributed by atoms with Crippen molar-refractivity contribution in [1.29, 1.82) is 0 Å². The summed E-state index contributed by atoms with van der Waals surface area (Å²) in [7, 11) is 0. The van der Waals surface area contributed by atoms with Crippen molar-refractivity contribution in [3.63, 3.8) is 0 Å². The summed E-state index contributed by atoms with van der Waals surface area (Å²) in [4.78, 5) is 0. The molecule has 0 radical (unpaired) electrons. The summed E-state index contributed by atoms with van der Waals surface area (Å²) in [5.41, 5.74) is 1.64. The summed E-state index contributed by atoms with van der Waals surface area (Å²) < 4.78 is 37.3. The van der Waals surface area contributed by atoms with Gasteiger partial charge in [-0.05, 0) is 24.3 Å². The van der Waals surface area contributed by atoms with Crippen LogP contribution >= 0.6 is 28.1 Å². The first-order valence-electron chi connectivity index (χ1n) is 7.15. The van der Waals surface area contributed by atoms with Crippen molar-refractivity contribution >= 4 is 45.1 Å². The molecule has 0 atom stereocenters. The van der Waals surface area contributed by atoms with E-state index in [0.717, 1.165) is 16.7 Å². The Morgan fingerprint density at radius 3 is 2.35 bits per heavy atom. The van der Waals surface area contributed by atoms with Gasteiger partial charge in [-0.3, -0.25) is 8.61 Å². The van der Waals surface area contributed by atoms with E-state index in [0.29, 0.717) is 19.8 Å². The zero-order valence-electron chi connectivity index (χ0n) is 12.2. The van der Waals surface area contributed by atoms with Crippen molar-refractivity contribution < 1.29 is 13.5 Å². The summed E-state index contributed by atoms with van der Waals surface area (Å²) in [5, 5.41) is 0.781. The molecule has 2 aromatic carbocycles. The van der Waals surface area contributed by atoms with Gasteiger partial charge in [0, 0.05) is 5.33 Å². The fourth-order valence-corrected chi connectivity index (χ4v) is 3.67. The molecule has 7 heteroatoms. The maximum Gasteiger partial charge on any atom is 0.150 e. The fourth-order valence-electron chi connectivity index (χ4n) is 2.34. The Morgan fingerprint density at radius 1 is 0.957 bits per heavy atom. The summed E-state index contributed by atoms with van der Waals surface area (Å²) >= 11 is 4.58. The monoisotopic (exact) mass is 400 g/mol. The van der Waals surface area contributed by atoms with Crippen LogP contribution in [0.1, 0.15) is 0 Å². The normalized spacial score (nSPS) is 13.5. The number of hydrogen-bond acceptors (Lipinski definition) is 4. The SMILES string of the molecule is Fc1cccc(F)c1N1SN(CCOCCBr)c2ccccc21. The second-order valence-corrected chi connectivity index (χ2v) is 6.60. The third-order valence-corrected chi connectivity index (χ3v) is 4.79. The number of anilines is 3. The van der Waals surface area contributed by atoms with Crippen molar-refractivity contribution in [2.45, 2.75) is 0 Å². The molecule has 1 heterocycles. The fraction of sp³-hybridized carbons (Fsp3) is 0.250. The number of ether oxygens (including phenoxy) is 1. The third-order valence-electron chi connectivity index (χ3n) is 3.35. The van der Waals surface area contributed by atoms with E-state index < -0.39 is 11.6 Å². The van der Waals surface area contributed by atoms with Crippen LogP contribution < -0.4 is 8.61 Å². The Morgan fingerprint density at radius 2 is 1.65 bits per heavy atom. The van der Waals surface area contributed by atoms with E-state index in [1.165, 1.54) is 30.3 Å². The van der Waals surface area contributed by atoms with Gasteiger partial charge in [-0.1, -0.05) is 34.1 Å². The van der Waals surface area contributed by atoms with E-state index in [1.54, 1.807) is 4.31 Å². The van der Waals surface area contributed by atoms with Gasteiger partial charge in [0.15, 0.2) is 11.6 Å². The van der Waals surface area contributed by atoms with Crippen LogP contribution in [0.25, 0.3) is 0 Å². The standard InChI is InChI=1S/C16H15BrF2N2OS/c17-8-10-22-11-9-20-14-6-1-2-7-15(14)21(23-20)16-12(18)4-3-5-13(16)19/h1-7H,8-11H2. The lowest BCUT2D eigenvalue weighted by Crippen LogP contribution is -2.20. The average Bonchev–Trinajstić information content (AvgIpc) is 2.91. The zero-order valence-corrected chi connectivity index (χ0v) is 14.6. The van der Waals surface area contributed by atoms with Crippen molar-refractivity contribution in [1.82, 2.24) is 0 Å². The summed E-state index contributed by atoms with van der Waals surface area (Å²) in [6.45, 7) is 1.80. The minimum Gasteiger partial charge on any atom is -0.379 e. The highest BCUT2D eigenvalue weighted by molar-refractivity contribution is 9.09. The molecule has 1 aliphatic rings. The van der Waals surface area contributed by atoms with Crippen molar-refractivity contribution in [2.24, 2.45) is 0 Å². The van der Waals surface area contributed by atoms with E-state index >= 15 is 0 Å². The van der Waals surface area contributed by atoms with Crippen LogP contribution in [0, 0.1) is 11.6 Å². The van der Waals surface area contributed by atoms with E-state index in [4.69, 9.17) is 4.74 Å². The molecular formula is C16H15BrF2N2OS. The number of fused-ring (bicyclic) bond motifs is 1. The molecule has 0 aliphatic carbocycles. The van der Waals surface area contributed by atoms with Gasteiger partial charge < -0.3 is 4.74 Å². The van der Waals surface area contributed by atoms with Crippen molar-refractivity contribution in [3.8, 4) is 0 Å². The van der Waals surface area contributed by atoms with Gasteiger partial charge in [-0.15, -0.1) is 0 Å². The molecule has 0 amide bonds. The molecular weight excluding hydrogens is 386 g/mol. The van der Waals surface area contributed by atoms with Crippen LogP contribution in [0.4, 0.5) is 25.8 Å².